The number of benzene rings is 2. The van der Waals surface area contributed by atoms with Gasteiger partial charge in [-0.15, -0.1) is 0 Å². The number of fused-ring (bicyclic) bond motifs is 1. The van der Waals surface area contributed by atoms with Crippen molar-refractivity contribution < 1.29 is 5.11 Å². The average molecular weight is 349 g/mol. The molecule has 4 rings (SSSR count). The van der Waals surface area contributed by atoms with Gasteiger partial charge >= 0.3 is 0 Å². The van der Waals surface area contributed by atoms with E-state index in [1.54, 1.807) is 0 Å². The number of imidazole rings is 1. The predicted octanol–water partition coefficient (Wildman–Crippen LogP) is 3.39. The van der Waals surface area contributed by atoms with Crippen LogP contribution in [0.5, 0.6) is 0 Å². The second-order valence-corrected chi connectivity index (χ2v) is 7.67. The monoisotopic (exact) mass is 349 g/mol. The highest BCUT2D eigenvalue weighted by Gasteiger charge is 2.34. The number of aromatic nitrogens is 2. The summed E-state index contributed by atoms with van der Waals surface area (Å²) in [4.78, 5) is 7.27. The van der Waals surface area contributed by atoms with Crippen LogP contribution in [0.2, 0.25) is 0 Å². The molecule has 136 valence electrons. The van der Waals surface area contributed by atoms with Gasteiger partial charge in [0.2, 0.25) is 0 Å². The molecular weight excluding hydrogens is 322 g/mol. The Morgan fingerprint density at radius 3 is 2.38 bits per heavy atom. The van der Waals surface area contributed by atoms with Crippen molar-refractivity contribution in [1.29, 1.82) is 0 Å². The van der Waals surface area contributed by atoms with E-state index in [1.165, 1.54) is 11.1 Å². The number of hydrogen-bond acceptors (Lipinski definition) is 3. The summed E-state index contributed by atoms with van der Waals surface area (Å²) in [6, 6.07) is 18.9. The van der Waals surface area contributed by atoms with Crippen LogP contribution in [0, 0.1) is 5.41 Å². The van der Waals surface area contributed by atoms with Crippen LogP contribution in [-0.4, -0.2) is 39.3 Å². The molecule has 0 amide bonds. The molecule has 1 aliphatic rings. The summed E-state index contributed by atoms with van der Waals surface area (Å²) < 4.78 is 2.20. The molecule has 26 heavy (non-hydrogen) atoms. The van der Waals surface area contributed by atoms with Crippen LogP contribution < -0.4 is 0 Å². The first-order chi connectivity index (χ1) is 12.7. The van der Waals surface area contributed by atoms with Gasteiger partial charge in [-0.1, -0.05) is 42.5 Å². The Kier molecular flexibility index (Phi) is 4.79. The molecule has 1 aromatic heterocycles. The number of aryl methyl sites for hydroxylation is 1. The van der Waals surface area contributed by atoms with Gasteiger partial charge in [0, 0.05) is 13.7 Å². The molecule has 0 spiro atoms. The van der Waals surface area contributed by atoms with Crippen molar-refractivity contribution in [3.05, 3.63) is 66.0 Å². The number of rotatable bonds is 5. The van der Waals surface area contributed by atoms with E-state index in [4.69, 9.17) is 4.98 Å². The molecule has 4 heteroatoms. The predicted molar refractivity (Wildman–Crippen MR) is 105 cm³/mol. The van der Waals surface area contributed by atoms with Crippen LogP contribution in [0.4, 0.5) is 0 Å². The second-order valence-electron chi connectivity index (χ2n) is 7.67. The third kappa shape index (κ3) is 3.39. The number of hydrogen-bond donors (Lipinski definition) is 1. The number of aliphatic hydroxyl groups is 1. The third-order valence-electron chi connectivity index (χ3n) is 5.92. The fraction of sp³-hybridized carbons (Fsp3) is 0.409. The van der Waals surface area contributed by atoms with E-state index in [-0.39, 0.29) is 12.0 Å². The highest BCUT2D eigenvalue weighted by Crippen LogP contribution is 2.35. The molecule has 0 aliphatic carbocycles. The van der Waals surface area contributed by atoms with Crippen molar-refractivity contribution in [2.45, 2.75) is 25.8 Å². The molecule has 1 aliphatic heterocycles. The lowest BCUT2D eigenvalue weighted by atomic mass is 9.74. The van der Waals surface area contributed by atoms with Crippen molar-refractivity contribution in [2.24, 2.45) is 12.5 Å². The zero-order chi connectivity index (χ0) is 18.0. The first kappa shape index (κ1) is 17.3. The van der Waals surface area contributed by atoms with Crippen molar-refractivity contribution >= 4 is 11.0 Å². The zero-order valence-corrected chi connectivity index (χ0v) is 15.4. The molecule has 1 fully saturated rings. The van der Waals surface area contributed by atoms with Gasteiger partial charge in [-0.05, 0) is 55.5 Å². The minimum Gasteiger partial charge on any atom is -0.396 e. The van der Waals surface area contributed by atoms with Crippen LogP contribution in [0.25, 0.3) is 11.0 Å². The molecule has 3 aromatic rings. The van der Waals surface area contributed by atoms with Crippen LogP contribution in [-0.2, 0) is 20.0 Å². The molecule has 2 heterocycles. The minimum atomic E-state index is 0.0181. The van der Waals surface area contributed by atoms with Crippen LogP contribution >= 0.6 is 0 Å². The van der Waals surface area contributed by atoms with Crippen molar-refractivity contribution in [3.8, 4) is 0 Å². The molecule has 1 saturated heterocycles. The van der Waals surface area contributed by atoms with Crippen LogP contribution in [0.3, 0.4) is 0 Å². The molecule has 0 bridgehead atoms. The largest absolute Gasteiger partial charge is 0.396 e. The van der Waals surface area contributed by atoms with E-state index >= 15 is 0 Å². The maximum absolute atomic E-state index is 10.1. The van der Waals surface area contributed by atoms with Crippen LogP contribution in [0.1, 0.15) is 24.2 Å². The van der Waals surface area contributed by atoms with Crippen molar-refractivity contribution in [3.63, 3.8) is 0 Å². The fourth-order valence-corrected chi connectivity index (χ4v) is 4.14. The highest BCUT2D eigenvalue weighted by molar-refractivity contribution is 5.75. The summed E-state index contributed by atoms with van der Waals surface area (Å²) in [6.07, 6.45) is 3.02. The lowest BCUT2D eigenvalue weighted by Crippen LogP contribution is -2.43. The molecule has 1 N–H and O–H groups in total. The number of piperidine rings is 1. The van der Waals surface area contributed by atoms with E-state index in [0.717, 1.165) is 50.2 Å². The minimum absolute atomic E-state index is 0.0181. The topological polar surface area (TPSA) is 41.3 Å². The third-order valence-corrected chi connectivity index (χ3v) is 5.92. The van der Waals surface area contributed by atoms with Crippen molar-refractivity contribution in [2.75, 3.05) is 19.7 Å². The summed E-state index contributed by atoms with van der Waals surface area (Å²) in [7, 11) is 2.10. The van der Waals surface area contributed by atoms with Gasteiger partial charge in [0.15, 0.2) is 0 Å². The molecule has 0 atom stereocenters. The first-order valence-electron chi connectivity index (χ1n) is 9.47. The maximum atomic E-state index is 10.1. The first-order valence-corrected chi connectivity index (χ1v) is 9.47. The van der Waals surface area contributed by atoms with Gasteiger partial charge in [-0.25, -0.2) is 4.98 Å². The number of nitrogens with zero attached hydrogens (tertiary/aromatic N) is 3. The summed E-state index contributed by atoms with van der Waals surface area (Å²) in [5, 5.41) is 10.1. The van der Waals surface area contributed by atoms with Gasteiger partial charge in [-0.3, -0.25) is 4.90 Å². The van der Waals surface area contributed by atoms with E-state index in [9.17, 15) is 5.11 Å². The number of aliphatic hydroxyl groups excluding tert-OH is 1. The summed E-state index contributed by atoms with van der Waals surface area (Å²) in [5.41, 5.74) is 3.60. The van der Waals surface area contributed by atoms with Gasteiger partial charge in [-0.2, -0.15) is 0 Å². The Bertz CT molecular complexity index is 863. The van der Waals surface area contributed by atoms with Crippen LogP contribution in [0.15, 0.2) is 54.6 Å². The Balaban J connectivity index is 1.43. The molecule has 0 saturated carbocycles. The lowest BCUT2D eigenvalue weighted by molar-refractivity contribution is 0.0402. The average Bonchev–Trinajstić information content (AvgIpc) is 3.00. The Morgan fingerprint density at radius 2 is 1.69 bits per heavy atom. The SMILES string of the molecule is Cn1c(CN2CCC(CO)(Cc3ccccc3)CC2)nc2ccccc21. The van der Waals surface area contributed by atoms with E-state index in [1.807, 2.05) is 6.07 Å². The quantitative estimate of drug-likeness (QED) is 0.768. The Hall–Kier alpha value is -2.17. The smallest absolute Gasteiger partial charge is 0.123 e. The second kappa shape index (κ2) is 7.22. The van der Waals surface area contributed by atoms with Gasteiger partial charge in [0.25, 0.3) is 0 Å². The zero-order valence-electron chi connectivity index (χ0n) is 15.4. The lowest BCUT2D eigenvalue weighted by Gasteiger charge is -2.40. The van der Waals surface area contributed by atoms with E-state index in [0.29, 0.717) is 0 Å². The molecular formula is C22H27N3O. The number of likely N-dealkylation sites (tertiary alicyclic amines) is 1. The standard InChI is InChI=1S/C22H27N3O/c1-24-20-10-6-5-9-19(20)23-21(24)16-25-13-11-22(17-26,12-14-25)15-18-7-3-2-4-8-18/h2-10,26H,11-17H2,1H3. The Morgan fingerprint density at radius 1 is 1.00 bits per heavy atom. The molecule has 4 nitrogen and oxygen atoms in total. The summed E-state index contributed by atoms with van der Waals surface area (Å²) in [6.45, 7) is 3.16. The summed E-state index contributed by atoms with van der Waals surface area (Å²) >= 11 is 0. The Labute approximate surface area is 155 Å². The van der Waals surface area contributed by atoms with Crippen molar-refractivity contribution in [1.82, 2.24) is 14.5 Å². The fourth-order valence-electron chi connectivity index (χ4n) is 4.14. The number of para-hydroxylation sites is 2. The van der Waals surface area contributed by atoms with E-state index in [2.05, 4.69) is 65.0 Å². The molecule has 2 aromatic carbocycles. The highest BCUT2D eigenvalue weighted by atomic mass is 16.3. The van der Waals surface area contributed by atoms with Gasteiger partial charge in [0.05, 0.1) is 17.6 Å². The molecule has 0 radical (unpaired) electrons. The normalized spacial score (nSPS) is 17.6. The van der Waals surface area contributed by atoms with E-state index < -0.39 is 0 Å². The van der Waals surface area contributed by atoms with Gasteiger partial charge < -0.3 is 9.67 Å². The maximum Gasteiger partial charge on any atom is 0.123 e. The molecule has 0 unspecified atom stereocenters. The summed E-state index contributed by atoms with van der Waals surface area (Å²) in [5.74, 6) is 1.12. The van der Waals surface area contributed by atoms with Gasteiger partial charge in [0.1, 0.15) is 5.82 Å².